The molecule has 3 aliphatic rings. The molecule has 6 heteroatoms. The average Bonchev–Trinajstić information content (AvgIpc) is 2.46. The quantitative estimate of drug-likeness (QED) is 0.864. The predicted octanol–water partition coefficient (Wildman–Crippen LogP) is 3.70. The first-order valence-corrected chi connectivity index (χ1v) is 7.43. The molecule has 3 fully saturated rings. The number of amides is 1. The predicted molar refractivity (Wildman–Crippen MR) is 71.1 cm³/mol. The molecule has 1 unspecified atom stereocenters. The van der Waals surface area contributed by atoms with Crippen LogP contribution in [0.1, 0.15) is 58.8 Å². The molecular weight excluding hydrogens is 281 g/mol. The van der Waals surface area contributed by atoms with E-state index in [1.54, 1.807) is 13.8 Å². The van der Waals surface area contributed by atoms with Gasteiger partial charge < -0.3 is 5.32 Å². The standard InChI is InChI=1S/C15H21F3N2O/c1-3-12(2,10-19)11(21)20-14-7-4-13(5-8-14,6-9-14)15(16,17)18/h3-9H2,1-2H3,(H,20,21). The van der Waals surface area contributed by atoms with Crippen molar-refractivity contribution in [2.45, 2.75) is 70.5 Å². The normalized spacial score (nSPS) is 34.9. The molecule has 0 aromatic rings. The number of carbonyl (C=O) groups excluding carboxylic acids is 1. The van der Waals surface area contributed by atoms with E-state index in [-0.39, 0.29) is 25.2 Å². The van der Waals surface area contributed by atoms with Crippen LogP contribution in [0.4, 0.5) is 13.2 Å². The molecule has 3 nitrogen and oxygen atoms in total. The smallest absolute Gasteiger partial charge is 0.349 e. The molecule has 2 bridgehead atoms. The highest BCUT2D eigenvalue weighted by molar-refractivity contribution is 5.85. The fraction of sp³-hybridized carbons (Fsp3) is 0.867. The minimum atomic E-state index is -4.16. The Hall–Kier alpha value is -1.25. The lowest BCUT2D eigenvalue weighted by molar-refractivity contribution is -0.254. The van der Waals surface area contributed by atoms with Crippen molar-refractivity contribution < 1.29 is 18.0 Å². The van der Waals surface area contributed by atoms with E-state index < -0.39 is 22.5 Å². The van der Waals surface area contributed by atoms with Gasteiger partial charge in [0.05, 0.1) is 11.5 Å². The Morgan fingerprint density at radius 2 is 1.67 bits per heavy atom. The van der Waals surface area contributed by atoms with E-state index in [0.29, 0.717) is 25.7 Å². The fourth-order valence-electron chi connectivity index (χ4n) is 3.47. The zero-order chi connectivity index (χ0) is 15.9. The Bertz CT molecular complexity index is 456. The minimum absolute atomic E-state index is 0.0756. The zero-order valence-electron chi connectivity index (χ0n) is 12.4. The summed E-state index contributed by atoms with van der Waals surface area (Å²) >= 11 is 0. The Balaban J connectivity index is 2.09. The number of rotatable bonds is 3. The maximum Gasteiger partial charge on any atom is 0.394 e. The number of hydrogen-bond donors (Lipinski definition) is 1. The highest BCUT2D eigenvalue weighted by atomic mass is 19.4. The van der Waals surface area contributed by atoms with Crippen LogP contribution in [0.15, 0.2) is 0 Å². The Labute approximate surface area is 122 Å². The molecule has 1 atom stereocenters. The van der Waals surface area contributed by atoms with Gasteiger partial charge in [-0.05, 0) is 51.9 Å². The van der Waals surface area contributed by atoms with Gasteiger partial charge in [-0.15, -0.1) is 0 Å². The summed E-state index contributed by atoms with van der Waals surface area (Å²) in [4.78, 5) is 12.3. The molecule has 21 heavy (non-hydrogen) atoms. The van der Waals surface area contributed by atoms with Gasteiger partial charge in [-0.3, -0.25) is 4.79 Å². The molecule has 3 saturated carbocycles. The highest BCUT2D eigenvalue weighted by Gasteiger charge is 2.61. The van der Waals surface area contributed by atoms with Crippen molar-refractivity contribution in [1.82, 2.24) is 5.32 Å². The van der Waals surface area contributed by atoms with E-state index in [9.17, 15) is 18.0 Å². The minimum Gasteiger partial charge on any atom is -0.349 e. The summed E-state index contributed by atoms with van der Waals surface area (Å²) in [5.74, 6) is -0.353. The topological polar surface area (TPSA) is 52.9 Å². The number of fused-ring (bicyclic) bond motifs is 3. The lowest BCUT2D eigenvalue weighted by Crippen LogP contribution is -2.61. The summed E-state index contributed by atoms with van der Waals surface area (Å²) in [7, 11) is 0. The van der Waals surface area contributed by atoms with Crippen molar-refractivity contribution in [3.63, 3.8) is 0 Å². The first kappa shape index (κ1) is 16.1. The molecule has 3 rings (SSSR count). The number of halogens is 3. The van der Waals surface area contributed by atoms with E-state index in [1.807, 2.05) is 6.07 Å². The van der Waals surface area contributed by atoms with Crippen LogP contribution in [-0.2, 0) is 4.79 Å². The molecule has 0 aromatic heterocycles. The van der Waals surface area contributed by atoms with Crippen molar-refractivity contribution in [3.8, 4) is 6.07 Å². The van der Waals surface area contributed by atoms with Gasteiger partial charge in [-0.25, -0.2) is 0 Å². The van der Waals surface area contributed by atoms with Gasteiger partial charge in [-0.2, -0.15) is 18.4 Å². The molecule has 0 heterocycles. The van der Waals surface area contributed by atoms with Gasteiger partial charge >= 0.3 is 6.18 Å². The number of carbonyl (C=O) groups is 1. The molecule has 0 spiro atoms. The zero-order valence-corrected chi connectivity index (χ0v) is 12.4. The van der Waals surface area contributed by atoms with Gasteiger partial charge in [0.2, 0.25) is 5.91 Å². The van der Waals surface area contributed by atoms with Crippen LogP contribution in [0.3, 0.4) is 0 Å². The van der Waals surface area contributed by atoms with Gasteiger partial charge in [0.1, 0.15) is 5.41 Å². The molecule has 3 aliphatic carbocycles. The van der Waals surface area contributed by atoms with Gasteiger partial charge in [0.15, 0.2) is 0 Å². The molecule has 118 valence electrons. The largest absolute Gasteiger partial charge is 0.394 e. The summed E-state index contributed by atoms with van der Waals surface area (Å²) in [6, 6.07) is 2.01. The lowest BCUT2D eigenvalue weighted by Gasteiger charge is -2.54. The second-order valence-corrected chi connectivity index (χ2v) is 6.81. The first-order valence-electron chi connectivity index (χ1n) is 7.43. The van der Waals surface area contributed by atoms with Crippen molar-refractivity contribution in [1.29, 1.82) is 5.26 Å². The molecule has 0 saturated heterocycles. The molecule has 0 radical (unpaired) electrons. The Kier molecular flexibility index (Phi) is 3.76. The van der Waals surface area contributed by atoms with Crippen LogP contribution in [0.25, 0.3) is 0 Å². The first-order chi connectivity index (χ1) is 9.62. The van der Waals surface area contributed by atoms with Crippen molar-refractivity contribution in [2.75, 3.05) is 0 Å². The maximum absolute atomic E-state index is 13.2. The van der Waals surface area contributed by atoms with Crippen LogP contribution >= 0.6 is 0 Å². The summed E-state index contributed by atoms with van der Waals surface area (Å²) in [6.07, 6.45) is -2.49. The summed E-state index contributed by atoms with van der Waals surface area (Å²) in [5.41, 5.74) is -3.20. The third kappa shape index (κ3) is 2.51. The van der Waals surface area contributed by atoms with Crippen molar-refractivity contribution in [3.05, 3.63) is 0 Å². The maximum atomic E-state index is 13.2. The van der Waals surface area contributed by atoms with Gasteiger partial charge in [0, 0.05) is 5.54 Å². The average molecular weight is 302 g/mol. The van der Waals surface area contributed by atoms with Gasteiger partial charge in [0.25, 0.3) is 0 Å². The molecule has 1 N–H and O–H groups in total. The third-order valence-electron chi connectivity index (χ3n) is 5.68. The number of nitriles is 1. The second kappa shape index (κ2) is 4.89. The SMILES string of the molecule is CCC(C)(C#N)C(=O)NC12CCC(C(F)(F)F)(CC1)CC2. The third-order valence-corrected chi connectivity index (χ3v) is 5.68. The fourth-order valence-corrected chi connectivity index (χ4v) is 3.47. The number of nitrogens with zero attached hydrogens (tertiary/aromatic N) is 1. The molecule has 0 aliphatic heterocycles. The van der Waals surface area contributed by atoms with Crippen molar-refractivity contribution in [2.24, 2.45) is 10.8 Å². The van der Waals surface area contributed by atoms with Crippen LogP contribution in [-0.4, -0.2) is 17.6 Å². The Morgan fingerprint density at radius 3 is 2.00 bits per heavy atom. The van der Waals surface area contributed by atoms with E-state index in [1.165, 1.54) is 0 Å². The lowest BCUT2D eigenvalue weighted by atomic mass is 9.56. The second-order valence-electron chi connectivity index (χ2n) is 6.81. The van der Waals surface area contributed by atoms with Crippen LogP contribution in [0.2, 0.25) is 0 Å². The molecule has 1 amide bonds. The monoisotopic (exact) mass is 302 g/mol. The van der Waals surface area contributed by atoms with Crippen LogP contribution in [0, 0.1) is 22.2 Å². The van der Waals surface area contributed by atoms with E-state index in [2.05, 4.69) is 5.32 Å². The van der Waals surface area contributed by atoms with Crippen molar-refractivity contribution >= 4 is 5.91 Å². The number of alkyl halides is 3. The van der Waals surface area contributed by atoms with Crippen LogP contribution in [0.5, 0.6) is 0 Å². The summed E-state index contributed by atoms with van der Waals surface area (Å²) in [5, 5.41) is 12.0. The summed E-state index contributed by atoms with van der Waals surface area (Å²) in [6.45, 7) is 3.33. The molecule has 0 aromatic carbocycles. The van der Waals surface area contributed by atoms with Gasteiger partial charge in [-0.1, -0.05) is 6.92 Å². The molecular formula is C15H21F3N2O. The van der Waals surface area contributed by atoms with E-state index in [0.717, 1.165) is 0 Å². The van der Waals surface area contributed by atoms with E-state index in [4.69, 9.17) is 5.26 Å². The highest BCUT2D eigenvalue weighted by Crippen LogP contribution is 2.59. The summed E-state index contributed by atoms with van der Waals surface area (Å²) < 4.78 is 39.5. The van der Waals surface area contributed by atoms with E-state index >= 15 is 0 Å². The number of nitrogens with one attached hydrogen (secondary N) is 1. The van der Waals surface area contributed by atoms with Crippen LogP contribution < -0.4 is 5.32 Å². The number of hydrogen-bond acceptors (Lipinski definition) is 2. The Morgan fingerprint density at radius 1 is 1.19 bits per heavy atom.